The number of aromatic nitrogens is 2. The molecule has 16 nitrogen and oxygen atoms in total. The van der Waals surface area contributed by atoms with Gasteiger partial charge in [0.1, 0.15) is 29.1 Å². The number of halogens is 3. The number of likely N-dealkylation sites (tertiary alicyclic amines) is 2. The normalized spacial score (nSPS) is 20.2. The van der Waals surface area contributed by atoms with Crippen molar-refractivity contribution in [1.82, 2.24) is 44.9 Å². The van der Waals surface area contributed by atoms with Gasteiger partial charge in [-0.2, -0.15) is 5.10 Å². The van der Waals surface area contributed by atoms with Crippen molar-refractivity contribution in [2.45, 2.75) is 103 Å². The molecule has 2 N–H and O–H groups in total. The molecule has 4 aromatic rings. The van der Waals surface area contributed by atoms with Gasteiger partial charge in [-0.3, -0.25) is 33.8 Å². The van der Waals surface area contributed by atoms with Crippen LogP contribution in [0.5, 0.6) is 0 Å². The van der Waals surface area contributed by atoms with Gasteiger partial charge in [0.05, 0.1) is 28.8 Å². The zero-order valence-electron chi connectivity index (χ0n) is 44.1. The van der Waals surface area contributed by atoms with E-state index in [1.165, 1.54) is 17.0 Å². The number of benzene rings is 3. The average Bonchev–Trinajstić information content (AvgIpc) is 3.43. The second-order valence-electron chi connectivity index (χ2n) is 22.5. The predicted molar refractivity (Wildman–Crippen MR) is 280 cm³/mol. The maximum Gasteiger partial charge on any atom is 0.410 e. The summed E-state index contributed by atoms with van der Waals surface area (Å²) in [5.41, 5.74) is 0.0821. The van der Waals surface area contributed by atoms with Crippen LogP contribution in [-0.4, -0.2) is 173 Å². The number of nitrogens with zero attached hydrogens (tertiary/aromatic N) is 7. The molecule has 9 rings (SSSR count). The molecule has 0 spiro atoms. The van der Waals surface area contributed by atoms with Gasteiger partial charge < -0.3 is 29.7 Å². The number of amides is 5. The molecule has 5 aliphatic rings. The topological polar surface area (TPSA) is 172 Å². The first-order valence-electron chi connectivity index (χ1n) is 27.3. The zero-order chi connectivity index (χ0) is 53.7. The van der Waals surface area contributed by atoms with Crippen LogP contribution in [0.15, 0.2) is 59.4 Å². The molecule has 4 aliphatic heterocycles. The van der Waals surface area contributed by atoms with Crippen LogP contribution in [0.4, 0.5) is 18.0 Å². The van der Waals surface area contributed by atoms with Crippen LogP contribution < -0.4 is 10.9 Å². The van der Waals surface area contributed by atoms with Crippen molar-refractivity contribution in [3.63, 3.8) is 0 Å². The summed E-state index contributed by atoms with van der Waals surface area (Å²) in [7, 11) is 0. The first-order valence-corrected chi connectivity index (χ1v) is 27.3. The summed E-state index contributed by atoms with van der Waals surface area (Å²) >= 11 is 0. The van der Waals surface area contributed by atoms with Gasteiger partial charge in [0, 0.05) is 95.8 Å². The number of fused-ring (bicyclic) bond motifs is 1. The van der Waals surface area contributed by atoms with Gasteiger partial charge in [-0.15, -0.1) is 0 Å². The number of hydrogen-bond donors (Lipinski definition) is 2. The summed E-state index contributed by atoms with van der Waals surface area (Å²) in [5, 5.41) is 10.9. The molecule has 1 unspecified atom stereocenters. The lowest BCUT2D eigenvalue weighted by atomic mass is 9.83. The Morgan fingerprint density at radius 1 is 0.697 bits per heavy atom. The fraction of sp³-hybridized carbons (Fsp3) is 0.561. The van der Waals surface area contributed by atoms with Crippen molar-refractivity contribution in [2.24, 2.45) is 11.8 Å². The highest BCUT2D eigenvalue weighted by Gasteiger charge is 2.38. The van der Waals surface area contributed by atoms with Crippen LogP contribution in [0.25, 0.3) is 10.8 Å². The minimum absolute atomic E-state index is 0.00283. The Morgan fingerprint density at radius 2 is 1.38 bits per heavy atom. The third-order valence-electron chi connectivity index (χ3n) is 16.1. The molecule has 19 heteroatoms. The smallest absolute Gasteiger partial charge is 0.410 e. The molecular formula is C57H72F3N9O7. The van der Waals surface area contributed by atoms with E-state index in [0.29, 0.717) is 93.0 Å². The van der Waals surface area contributed by atoms with E-state index in [1.807, 2.05) is 17.0 Å². The fourth-order valence-electron chi connectivity index (χ4n) is 11.8. The first-order chi connectivity index (χ1) is 36.5. The van der Waals surface area contributed by atoms with Crippen LogP contribution >= 0.6 is 0 Å². The largest absolute Gasteiger partial charge is 0.444 e. The Morgan fingerprint density at radius 3 is 2.09 bits per heavy atom. The number of piperazine rings is 2. The van der Waals surface area contributed by atoms with Gasteiger partial charge in [-0.05, 0) is 120 Å². The first kappa shape index (κ1) is 54.4. The molecule has 1 aliphatic carbocycles. The Balaban J connectivity index is 0.721. The summed E-state index contributed by atoms with van der Waals surface area (Å²) in [4.78, 5) is 91.9. The van der Waals surface area contributed by atoms with Gasteiger partial charge in [-0.25, -0.2) is 23.1 Å². The molecule has 1 saturated carbocycles. The van der Waals surface area contributed by atoms with Gasteiger partial charge in [-0.1, -0.05) is 43.5 Å². The highest BCUT2D eigenvalue weighted by Crippen LogP contribution is 2.33. The van der Waals surface area contributed by atoms with E-state index in [0.717, 1.165) is 70.6 Å². The molecule has 76 heavy (non-hydrogen) atoms. The molecule has 2 atom stereocenters. The van der Waals surface area contributed by atoms with E-state index < -0.39 is 52.9 Å². The molecule has 408 valence electrons. The Bertz CT molecular complexity index is 2830. The number of rotatable bonds is 12. The maximum absolute atomic E-state index is 15.5. The number of nitrogens with one attached hydrogen (secondary N) is 2. The minimum Gasteiger partial charge on any atom is -0.444 e. The zero-order valence-corrected chi connectivity index (χ0v) is 44.1. The van der Waals surface area contributed by atoms with E-state index >= 15 is 13.2 Å². The summed E-state index contributed by atoms with van der Waals surface area (Å²) in [6.45, 7) is 12.3. The van der Waals surface area contributed by atoms with Gasteiger partial charge >= 0.3 is 6.09 Å². The monoisotopic (exact) mass is 1050 g/mol. The van der Waals surface area contributed by atoms with Crippen molar-refractivity contribution in [3.05, 3.63) is 110 Å². The summed E-state index contributed by atoms with van der Waals surface area (Å²) < 4.78 is 51.6. The van der Waals surface area contributed by atoms with E-state index in [1.54, 1.807) is 54.8 Å². The number of hydrogen-bond acceptors (Lipinski definition) is 10. The van der Waals surface area contributed by atoms with E-state index in [9.17, 15) is 28.8 Å². The van der Waals surface area contributed by atoms with E-state index in [4.69, 9.17) is 4.74 Å². The predicted octanol–water partition coefficient (Wildman–Crippen LogP) is 6.57. The molecule has 1 aromatic heterocycles. The molecule has 0 bridgehead atoms. The van der Waals surface area contributed by atoms with Crippen molar-refractivity contribution in [1.29, 1.82) is 0 Å². The van der Waals surface area contributed by atoms with Crippen LogP contribution in [-0.2, 0) is 20.7 Å². The molecule has 4 saturated heterocycles. The Kier molecular flexibility index (Phi) is 17.1. The van der Waals surface area contributed by atoms with Crippen molar-refractivity contribution in [3.8, 4) is 0 Å². The van der Waals surface area contributed by atoms with E-state index in [-0.39, 0.29) is 66.2 Å². The number of carbonyl (C=O) groups is 5. The number of H-pyrrole nitrogens is 1. The quantitative estimate of drug-likeness (QED) is 0.158. The molecule has 5 amide bonds. The van der Waals surface area contributed by atoms with Crippen LogP contribution in [0, 0.1) is 29.3 Å². The van der Waals surface area contributed by atoms with Crippen LogP contribution in [0.1, 0.15) is 122 Å². The number of aromatic amines is 1. The summed E-state index contributed by atoms with van der Waals surface area (Å²) in [5.74, 6) is -3.93. The minimum atomic E-state index is -1.00. The third-order valence-corrected chi connectivity index (χ3v) is 16.1. The molecule has 5 heterocycles. The van der Waals surface area contributed by atoms with Gasteiger partial charge in [0.15, 0.2) is 0 Å². The van der Waals surface area contributed by atoms with Crippen molar-refractivity contribution >= 4 is 40.5 Å². The Hall–Kier alpha value is -6.34. The number of ether oxygens (including phenoxy) is 1. The van der Waals surface area contributed by atoms with Crippen LogP contribution in [0.2, 0.25) is 0 Å². The Labute approximate surface area is 442 Å². The van der Waals surface area contributed by atoms with Gasteiger partial charge in [0.25, 0.3) is 17.4 Å². The SMILES string of the molecule is CC(C)(C)OC(=O)N1CCCC(c2cc(C(=O)N[C@@H](C(=O)N3CCN(CC4CCN(CC(=O)N5CCN(C(=O)c6cc(Cc7n[nH]c(=O)c8ccccc78)ccc6F)CC5)CC4)CC3)C3CCCCC3)c(F)cc2F)C1. The van der Waals surface area contributed by atoms with Crippen LogP contribution in [0.3, 0.4) is 0 Å². The van der Waals surface area contributed by atoms with Crippen molar-refractivity contribution < 1.29 is 41.9 Å². The molecule has 3 aromatic carbocycles. The van der Waals surface area contributed by atoms with Gasteiger partial charge in [0.2, 0.25) is 11.8 Å². The lowest BCUT2D eigenvalue weighted by Crippen LogP contribution is -2.57. The summed E-state index contributed by atoms with van der Waals surface area (Å²) in [6, 6.07) is 12.7. The molecule has 5 fully saturated rings. The lowest BCUT2D eigenvalue weighted by molar-refractivity contribution is -0.137. The van der Waals surface area contributed by atoms with E-state index in [2.05, 4.69) is 25.3 Å². The lowest BCUT2D eigenvalue weighted by Gasteiger charge is -2.41. The third kappa shape index (κ3) is 13.1. The fourth-order valence-corrected chi connectivity index (χ4v) is 11.8. The standard InChI is InChI=1S/C57H72F3N9O7/c1-57(2,3)76-56(75)69-19-9-12-40(35-69)43-32-44(48(60)33-47(43)59)52(71)61-51(39-10-5-4-6-11-39)55(74)68-24-22-65(23-25-68)34-37-17-20-64(21-18-37)36-50(70)66-26-28-67(29-27-66)54(73)45-30-38(15-16-46(45)58)31-49-41-13-7-8-14-42(41)53(72)63-62-49/h7-8,13-16,30,32-33,37,39-40,51H,4-6,9-12,17-29,31,34-36H2,1-3H3,(H,61,71)(H,63,72)/t40?,51-/m1/s1. The second kappa shape index (κ2) is 23.9. The van der Waals surface area contributed by atoms with Crippen molar-refractivity contribution in [2.75, 3.05) is 91.6 Å². The highest BCUT2D eigenvalue weighted by atomic mass is 19.1. The number of carbonyl (C=O) groups excluding carboxylic acids is 5. The average molecular weight is 1050 g/mol. The number of piperidine rings is 2. The molecule has 0 radical (unpaired) electrons. The molecular weight excluding hydrogens is 980 g/mol. The summed E-state index contributed by atoms with van der Waals surface area (Å²) in [6.07, 6.45) is 7.19. The maximum atomic E-state index is 15.5. The highest BCUT2D eigenvalue weighted by molar-refractivity contribution is 5.98. The second-order valence-corrected chi connectivity index (χ2v) is 22.5.